The third-order valence-corrected chi connectivity index (χ3v) is 11.4. The van der Waals surface area contributed by atoms with Crippen molar-refractivity contribution in [2.45, 2.75) is 89.7 Å². The molecule has 1 aromatic carbocycles. The summed E-state index contributed by atoms with van der Waals surface area (Å²) in [4.78, 5) is 80.2. The largest absolute Gasteiger partial charge is 0.462 e. The molecule has 3 saturated carbocycles. The summed E-state index contributed by atoms with van der Waals surface area (Å²) in [6, 6.07) is 7.78. The second kappa shape index (κ2) is 13.4. The summed E-state index contributed by atoms with van der Waals surface area (Å²) in [5.41, 5.74) is -8.71. The molecule has 15 heteroatoms. The molecule has 1 aliphatic heterocycles. The van der Waals surface area contributed by atoms with Crippen molar-refractivity contribution in [3.8, 4) is 0 Å². The van der Waals surface area contributed by atoms with Crippen molar-refractivity contribution >= 4 is 35.6 Å². The molecule has 3 aliphatic carbocycles. The maximum absolute atomic E-state index is 14.5. The molecule has 278 valence electrons. The molecule has 1 heterocycles. The van der Waals surface area contributed by atoms with Crippen molar-refractivity contribution in [3.05, 3.63) is 48.0 Å². The van der Waals surface area contributed by atoms with Crippen LogP contribution in [0.2, 0.25) is 0 Å². The Hall–Kier alpha value is -4.18. The number of esters is 5. The monoisotopic (exact) mass is 716 g/mol. The highest BCUT2D eigenvalue weighted by Gasteiger charge is 2.85. The Kier molecular flexibility index (Phi) is 10.0. The van der Waals surface area contributed by atoms with Gasteiger partial charge in [-0.3, -0.25) is 24.0 Å². The average Bonchev–Trinajstić information content (AvgIpc) is 3.21. The normalized spacial score (nSPS) is 39.8. The summed E-state index contributed by atoms with van der Waals surface area (Å²) in [6.07, 6.45) is -9.11. The van der Waals surface area contributed by atoms with Crippen LogP contribution in [0, 0.1) is 28.6 Å². The summed E-state index contributed by atoms with van der Waals surface area (Å²) in [7, 11) is 0. The van der Waals surface area contributed by atoms with Crippen LogP contribution in [-0.4, -0.2) is 112 Å². The van der Waals surface area contributed by atoms with E-state index in [9.17, 15) is 44.1 Å². The van der Waals surface area contributed by atoms with Gasteiger partial charge < -0.3 is 43.7 Å². The molecule has 0 radical (unpaired) electrons. The standard InChI is InChI=1S/C36H44O15/c1-17-24(42)13-25(48-18(2)38)35(16-46-32(44)22-11-9-8-10-12-22)26(17)28(49-19(3)39)27-23(14-37)29(43)34(7)36(45,33(27,6)15-47-34)31(51-21(5)41)30(35)50-20(4)40/h8-12,23-28,30-31,37,42,45H,1,13-16H2,2-7H3/t23-,24+,25+,26+,27?,28+,30+,31+,33+,34-,35-,36+/m1/s1. The Labute approximate surface area is 294 Å². The Morgan fingerprint density at radius 1 is 0.902 bits per heavy atom. The third kappa shape index (κ3) is 5.65. The van der Waals surface area contributed by atoms with Gasteiger partial charge in [0.15, 0.2) is 23.6 Å². The number of hydrogen-bond acceptors (Lipinski definition) is 15. The van der Waals surface area contributed by atoms with E-state index in [0.717, 1.165) is 27.7 Å². The van der Waals surface area contributed by atoms with E-state index in [1.165, 1.54) is 26.0 Å². The lowest BCUT2D eigenvalue weighted by molar-refractivity contribution is -0.308. The first-order valence-electron chi connectivity index (χ1n) is 16.6. The van der Waals surface area contributed by atoms with Crippen molar-refractivity contribution in [1.82, 2.24) is 0 Å². The van der Waals surface area contributed by atoms with Gasteiger partial charge in [0.1, 0.15) is 24.4 Å². The van der Waals surface area contributed by atoms with E-state index in [4.69, 9.17) is 28.4 Å². The topological polar surface area (TPSA) is 218 Å². The van der Waals surface area contributed by atoms with E-state index >= 15 is 0 Å². The van der Waals surface area contributed by atoms with E-state index in [0.29, 0.717) is 0 Å². The zero-order valence-electron chi connectivity index (χ0n) is 29.3. The lowest BCUT2D eigenvalue weighted by atomic mass is 9.41. The van der Waals surface area contributed by atoms with Crippen LogP contribution in [0.5, 0.6) is 0 Å². The van der Waals surface area contributed by atoms with E-state index in [2.05, 4.69) is 6.58 Å². The molecule has 4 aliphatic rings. The van der Waals surface area contributed by atoms with Crippen LogP contribution in [-0.2, 0) is 52.4 Å². The second-order valence-electron chi connectivity index (χ2n) is 14.3. The smallest absolute Gasteiger partial charge is 0.338 e. The van der Waals surface area contributed by atoms with Crippen molar-refractivity contribution < 1.29 is 72.5 Å². The molecule has 0 amide bonds. The van der Waals surface area contributed by atoms with E-state index in [1.807, 2.05) is 0 Å². The second-order valence-corrected chi connectivity index (χ2v) is 14.3. The fraction of sp³-hybridized carbons (Fsp3) is 0.611. The van der Waals surface area contributed by atoms with E-state index in [-0.39, 0.29) is 11.1 Å². The van der Waals surface area contributed by atoms with Crippen LogP contribution < -0.4 is 0 Å². The van der Waals surface area contributed by atoms with Gasteiger partial charge >= 0.3 is 29.8 Å². The SMILES string of the molecule is C=C1[C@@H](O)C[C@H](OC(C)=O)[C@@]2(COC(=O)c3ccccc3)[C@@H](OC(C)=O)[C@H](OC(C)=O)[C@]3(O)[C@@]4(C)CO[C@]3(C)C(=O)[C@H](CO)C4[C@@H](OC(C)=O)[C@H]12. The molecule has 4 fully saturated rings. The van der Waals surface area contributed by atoms with Gasteiger partial charge in [-0.05, 0) is 24.6 Å². The minimum atomic E-state index is -2.61. The predicted molar refractivity (Wildman–Crippen MR) is 171 cm³/mol. The van der Waals surface area contributed by atoms with Crippen LogP contribution in [0.3, 0.4) is 0 Å². The van der Waals surface area contributed by atoms with Crippen LogP contribution in [0.15, 0.2) is 42.5 Å². The molecular weight excluding hydrogens is 672 g/mol. The first-order chi connectivity index (χ1) is 23.8. The zero-order chi connectivity index (χ0) is 37.8. The summed E-state index contributed by atoms with van der Waals surface area (Å²) in [6.45, 7) is 9.05. The molecule has 0 aromatic heterocycles. The Bertz CT molecular complexity index is 1620. The fourth-order valence-corrected chi connectivity index (χ4v) is 9.41. The highest BCUT2D eigenvalue weighted by atomic mass is 16.6. The Morgan fingerprint density at radius 2 is 1.47 bits per heavy atom. The number of hydrogen-bond donors (Lipinski definition) is 3. The van der Waals surface area contributed by atoms with E-state index in [1.54, 1.807) is 18.2 Å². The van der Waals surface area contributed by atoms with Gasteiger partial charge in [-0.15, -0.1) is 0 Å². The van der Waals surface area contributed by atoms with Crippen molar-refractivity contribution in [1.29, 1.82) is 0 Å². The zero-order valence-corrected chi connectivity index (χ0v) is 29.3. The van der Waals surface area contributed by atoms with Crippen LogP contribution in [0.25, 0.3) is 0 Å². The van der Waals surface area contributed by atoms with Gasteiger partial charge in [-0.25, -0.2) is 4.79 Å². The Morgan fingerprint density at radius 3 is 2.02 bits per heavy atom. The molecule has 3 N–H and O–H groups in total. The number of fused-ring (bicyclic) bond motifs is 1. The number of Topliss-reactive ketones (excluding diaryl/α,β-unsaturated/α-hetero) is 1. The predicted octanol–water partition coefficient (Wildman–Crippen LogP) is 0.841. The molecule has 51 heavy (non-hydrogen) atoms. The quantitative estimate of drug-likeness (QED) is 0.193. The minimum absolute atomic E-state index is 0.0652. The number of aliphatic hydroxyl groups excluding tert-OH is 2. The fourth-order valence-electron chi connectivity index (χ4n) is 9.41. The maximum atomic E-state index is 14.5. The molecular formula is C36H44O15. The molecule has 12 atom stereocenters. The number of carbonyl (C=O) groups excluding carboxylic acids is 6. The minimum Gasteiger partial charge on any atom is -0.462 e. The highest BCUT2D eigenvalue weighted by molar-refractivity contribution is 5.94. The number of benzene rings is 1. The number of carbonyl (C=O) groups is 6. The third-order valence-electron chi connectivity index (χ3n) is 11.4. The molecule has 0 spiro atoms. The van der Waals surface area contributed by atoms with Crippen molar-refractivity contribution in [3.63, 3.8) is 0 Å². The summed E-state index contributed by atoms with van der Waals surface area (Å²) in [5.74, 6) is -9.76. The van der Waals surface area contributed by atoms with Gasteiger partial charge in [0.25, 0.3) is 0 Å². The first-order valence-corrected chi connectivity index (χ1v) is 16.6. The number of aliphatic hydroxyl groups is 3. The average molecular weight is 717 g/mol. The number of ketones is 1. The van der Waals surface area contributed by atoms with Crippen LogP contribution >= 0.6 is 0 Å². The van der Waals surface area contributed by atoms with Gasteiger partial charge in [0.05, 0.1) is 36.2 Å². The summed E-state index contributed by atoms with van der Waals surface area (Å²) in [5, 5.41) is 35.6. The first kappa shape index (κ1) is 38.1. The van der Waals surface area contributed by atoms with Crippen molar-refractivity contribution in [2.24, 2.45) is 28.6 Å². The lowest BCUT2D eigenvalue weighted by Crippen LogP contribution is -2.82. The number of rotatable bonds is 8. The van der Waals surface area contributed by atoms with Gasteiger partial charge in [-0.2, -0.15) is 0 Å². The molecule has 1 saturated heterocycles. The molecule has 4 bridgehead atoms. The van der Waals surface area contributed by atoms with Crippen LogP contribution in [0.4, 0.5) is 0 Å². The highest BCUT2D eigenvalue weighted by Crippen LogP contribution is 2.68. The summed E-state index contributed by atoms with van der Waals surface area (Å²) < 4.78 is 35.9. The molecule has 15 nitrogen and oxygen atoms in total. The molecule has 1 unspecified atom stereocenters. The number of ether oxygens (including phenoxy) is 6. The maximum Gasteiger partial charge on any atom is 0.338 e. The van der Waals surface area contributed by atoms with Crippen molar-refractivity contribution in [2.75, 3.05) is 19.8 Å². The van der Waals surface area contributed by atoms with Gasteiger partial charge in [0.2, 0.25) is 0 Å². The lowest BCUT2D eigenvalue weighted by Gasteiger charge is -2.66. The van der Waals surface area contributed by atoms with Gasteiger partial charge in [0, 0.05) is 51.4 Å². The molecule has 5 rings (SSSR count). The van der Waals surface area contributed by atoms with Crippen LogP contribution in [0.1, 0.15) is 58.3 Å². The van der Waals surface area contributed by atoms with Gasteiger partial charge in [-0.1, -0.05) is 31.7 Å². The summed E-state index contributed by atoms with van der Waals surface area (Å²) >= 11 is 0. The molecule has 1 aromatic rings. The Balaban J connectivity index is 1.95. The van der Waals surface area contributed by atoms with E-state index < -0.39 is 132 Å².